The average Bonchev–Trinajstić information content (AvgIpc) is 2.61. The highest BCUT2D eigenvalue weighted by atomic mass is 16.2. The molecule has 1 amide bonds. The van der Waals surface area contributed by atoms with E-state index in [4.69, 9.17) is 5.73 Å². The van der Waals surface area contributed by atoms with Crippen molar-refractivity contribution in [3.05, 3.63) is 35.9 Å². The van der Waals surface area contributed by atoms with Crippen LogP contribution >= 0.6 is 0 Å². The van der Waals surface area contributed by atoms with Gasteiger partial charge in [-0.1, -0.05) is 44.2 Å². The summed E-state index contributed by atoms with van der Waals surface area (Å²) in [5, 5.41) is 3.01. The lowest BCUT2D eigenvalue weighted by atomic mass is 10.1. The van der Waals surface area contributed by atoms with Gasteiger partial charge < -0.3 is 20.9 Å². The Morgan fingerprint density at radius 3 is 2.42 bits per heavy atom. The van der Waals surface area contributed by atoms with Gasteiger partial charge in [0.1, 0.15) is 0 Å². The maximum atomic E-state index is 12.2. The Kier molecular flexibility index (Phi) is 7.69. The molecule has 1 aromatic carbocycles. The second kappa shape index (κ2) is 9.77. The molecule has 2 unspecified atom stereocenters. The van der Waals surface area contributed by atoms with Crippen molar-refractivity contribution in [2.75, 3.05) is 45.8 Å². The number of hydrogen-bond donors (Lipinski definition) is 2. The first-order valence-corrected chi connectivity index (χ1v) is 9.10. The highest BCUT2D eigenvalue weighted by molar-refractivity contribution is 5.81. The van der Waals surface area contributed by atoms with Crippen LogP contribution in [0, 0.1) is 5.92 Å². The van der Waals surface area contributed by atoms with E-state index in [1.54, 1.807) is 0 Å². The zero-order valence-corrected chi connectivity index (χ0v) is 15.1. The summed E-state index contributed by atoms with van der Waals surface area (Å²) in [6.45, 7) is 11.8. The highest BCUT2D eigenvalue weighted by Gasteiger charge is 2.19. The van der Waals surface area contributed by atoms with E-state index in [0.29, 0.717) is 18.9 Å². The molecule has 1 saturated heterocycles. The van der Waals surface area contributed by atoms with E-state index in [9.17, 15) is 4.79 Å². The molecule has 5 heteroatoms. The molecule has 0 saturated carbocycles. The third kappa shape index (κ3) is 6.23. The Labute approximate surface area is 146 Å². The first-order chi connectivity index (χ1) is 11.6. The minimum Gasteiger partial charge on any atom is -0.354 e. The summed E-state index contributed by atoms with van der Waals surface area (Å²) in [7, 11) is 0. The van der Waals surface area contributed by atoms with Crippen LogP contribution in [-0.2, 0) is 11.2 Å². The molecule has 1 heterocycles. The first-order valence-electron chi connectivity index (χ1n) is 9.10. The largest absolute Gasteiger partial charge is 0.354 e. The van der Waals surface area contributed by atoms with Crippen LogP contribution in [-0.4, -0.2) is 67.6 Å². The van der Waals surface area contributed by atoms with E-state index in [0.717, 1.165) is 44.8 Å². The monoisotopic (exact) mass is 332 g/mol. The van der Waals surface area contributed by atoms with Crippen LogP contribution in [0.4, 0.5) is 0 Å². The number of nitrogens with one attached hydrogen (secondary N) is 1. The van der Waals surface area contributed by atoms with Crippen molar-refractivity contribution in [2.45, 2.75) is 26.3 Å². The van der Waals surface area contributed by atoms with E-state index in [1.807, 2.05) is 30.3 Å². The van der Waals surface area contributed by atoms with Crippen LogP contribution in [0.2, 0.25) is 0 Å². The van der Waals surface area contributed by atoms with Crippen LogP contribution in [0.1, 0.15) is 19.4 Å². The molecule has 0 radical (unpaired) electrons. The predicted molar refractivity (Wildman–Crippen MR) is 98.8 cm³/mol. The van der Waals surface area contributed by atoms with E-state index in [2.05, 4.69) is 29.0 Å². The number of carbonyl (C=O) groups excluding carboxylic acids is 1. The third-order valence-corrected chi connectivity index (χ3v) is 4.74. The molecule has 1 aliphatic rings. The van der Waals surface area contributed by atoms with Crippen molar-refractivity contribution < 1.29 is 4.79 Å². The van der Waals surface area contributed by atoms with Gasteiger partial charge in [0.25, 0.3) is 0 Å². The molecule has 1 aliphatic heterocycles. The van der Waals surface area contributed by atoms with Crippen LogP contribution < -0.4 is 11.1 Å². The number of benzene rings is 1. The minimum absolute atomic E-state index is 0.0542. The standard InChI is InChI=1S/C19H32N4O/c1-3-22-9-11-23(12-10-22)15-16(2)14-21-19(24)18(20)13-17-7-5-4-6-8-17/h4-8,16,18H,3,9-15,20H2,1-2H3,(H,21,24). The SMILES string of the molecule is CCN1CCN(CC(C)CNC(=O)C(N)Cc2ccccc2)CC1. The lowest BCUT2D eigenvalue weighted by Gasteiger charge is -2.35. The van der Waals surface area contributed by atoms with Gasteiger partial charge in [-0.2, -0.15) is 0 Å². The van der Waals surface area contributed by atoms with Crippen molar-refractivity contribution in [2.24, 2.45) is 11.7 Å². The van der Waals surface area contributed by atoms with Gasteiger partial charge in [0.15, 0.2) is 0 Å². The maximum absolute atomic E-state index is 12.2. The second-order valence-corrected chi connectivity index (χ2v) is 6.88. The molecule has 24 heavy (non-hydrogen) atoms. The molecular formula is C19H32N4O. The molecule has 2 atom stereocenters. The van der Waals surface area contributed by atoms with Crippen molar-refractivity contribution in [1.29, 1.82) is 0 Å². The fourth-order valence-corrected chi connectivity index (χ4v) is 3.16. The van der Waals surface area contributed by atoms with Gasteiger partial charge in [-0.3, -0.25) is 4.79 Å². The fraction of sp³-hybridized carbons (Fsp3) is 0.632. The van der Waals surface area contributed by atoms with Gasteiger partial charge in [-0.15, -0.1) is 0 Å². The summed E-state index contributed by atoms with van der Waals surface area (Å²) in [6, 6.07) is 9.45. The van der Waals surface area contributed by atoms with Crippen LogP contribution in [0.25, 0.3) is 0 Å². The van der Waals surface area contributed by atoms with Crippen molar-refractivity contribution in [3.8, 4) is 0 Å². The number of nitrogens with two attached hydrogens (primary N) is 1. The smallest absolute Gasteiger partial charge is 0.237 e. The number of piperazine rings is 1. The topological polar surface area (TPSA) is 61.6 Å². The molecule has 134 valence electrons. The van der Waals surface area contributed by atoms with E-state index in [1.165, 1.54) is 0 Å². The number of amides is 1. The second-order valence-electron chi connectivity index (χ2n) is 6.88. The summed E-state index contributed by atoms with van der Waals surface area (Å²) >= 11 is 0. The van der Waals surface area contributed by atoms with Crippen molar-refractivity contribution >= 4 is 5.91 Å². The van der Waals surface area contributed by atoms with Gasteiger partial charge in [-0.25, -0.2) is 0 Å². The maximum Gasteiger partial charge on any atom is 0.237 e. The number of hydrogen-bond acceptors (Lipinski definition) is 4. The molecule has 1 fully saturated rings. The fourth-order valence-electron chi connectivity index (χ4n) is 3.16. The lowest BCUT2D eigenvalue weighted by Crippen LogP contribution is -2.49. The summed E-state index contributed by atoms with van der Waals surface area (Å²) in [6.07, 6.45) is 0.583. The summed E-state index contributed by atoms with van der Waals surface area (Å²) < 4.78 is 0. The van der Waals surface area contributed by atoms with Gasteiger partial charge in [0.2, 0.25) is 5.91 Å². The summed E-state index contributed by atoms with van der Waals surface area (Å²) in [5.74, 6) is 0.382. The van der Waals surface area contributed by atoms with Gasteiger partial charge in [0.05, 0.1) is 6.04 Å². The highest BCUT2D eigenvalue weighted by Crippen LogP contribution is 2.06. The van der Waals surface area contributed by atoms with E-state index in [-0.39, 0.29) is 5.91 Å². The minimum atomic E-state index is -0.479. The number of likely N-dealkylation sites (N-methyl/N-ethyl adjacent to an activating group) is 1. The van der Waals surface area contributed by atoms with E-state index < -0.39 is 6.04 Å². The number of nitrogens with zero attached hydrogens (tertiary/aromatic N) is 2. The molecule has 2 rings (SSSR count). The molecule has 1 aromatic rings. The Hall–Kier alpha value is -1.43. The number of carbonyl (C=O) groups is 1. The zero-order chi connectivity index (χ0) is 17.4. The molecule has 3 N–H and O–H groups in total. The van der Waals surface area contributed by atoms with Crippen molar-refractivity contribution in [1.82, 2.24) is 15.1 Å². The average molecular weight is 332 g/mol. The Morgan fingerprint density at radius 2 is 1.79 bits per heavy atom. The first kappa shape index (κ1) is 18.9. The number of rotatable bonds is 8. The Morgan fingerprint density at radius 1 is 1.17 bits per heavy atom. The molecule has 0 aromatic heterocycles. The zero-order valence-electron chi connectivity index (χ0n) is 15.1. The Balaban J connectivity index is 1.65. The Bertz CT molecular complexity index is 485. The molecule has 0 bridgehead atoms. The predicted octanol–water partition coefficient (Wildman–Crippen LogP) is 0.946. The van der Waals surface area contributed by atoms with E-state index >= 15 is 0 Å². The normalized spacial score (nSPS) is 19.0. The molecule has 0 aliphatic carbocycles. The third-order valence-electron chi connectivity index (χ3n) is 4.74. The summed E-state index contributed by atoms with van der Waals surface area (Å²) in [5.41, 5.74) is 7.12. The van der Waals surface area contributed by atoms with Gasteiger partial charge in [-0.05, 0) is 24.4 Å². The molecule has 0 spiro atoms. The summed E-state index contributed by atoms with van der Waals surface area (Å²) in [4.78, 5) is 17.1. The lowest BCUT2D eigenvalue weighted by molar-refractivity contribution is -0.122. The van der Waals surface area contributed by atoms with Gasteiger partial charge >= 0.3 is 0 Å². The van der Waals surface area contributed by atoms with Crippen molar-refractivity contribution in [3.63, 3.8) is 0 Å². The quantitative estimate of drug-likeness (QED) is 0.744. The molecular weight excluding hydrogens is 300 g/mol. The molecule has 5 nitrogen and oxygen atoms in total. The van der Waals surface area contributed by atoms with Crippen LogP contribution in [0.15, 0.2) is 30.3 Å². The van der Waals surface area contributed by atoms with Gasteiger partial charge in [0, 0.05) is 39.3 Å². The van der Waals surface area contributed by atoms with Crippen LogP contribution in [0.3, 0.4) is 0 Å². The van der Waals surface area contributed by atoms with Crippen LogP contribution in [0.5, 0.6) is 0 Å².